The lowest BCUT2D eigenvalue weighted by Crippen LogP contribution is -1.89. The van der Waals surface area contributed by atoms with E-state index in [1.165, 1.54) is 0 Å². The van der Waals surface area contributed by atoms with Crippen molar-refractivity contribution in [2.45, 2.75) is 6.42 Å². The molecule has 2 rings (SSSR count). The topological polar surface area (TPSA) is 33.0 Å². The third-order valence-electron chi connectivity index (χ3n) is 2.34. The van der Waals surface area contributed by atoms with Gasteiger partial charge in [-0.1, -0.05) is 41.4 Å². The predicted molar refractivity (Wildman–Crippen MR) is 72.3 cm³/mol. The molecule has 0 heterocycles. The second-order valence-corrected chi connectivity index (χ2v) is 4.45. The average Bonchev–Trinajstić information content (AvgIpc) is 2.36. The van der Waals surface area contributed by atoms with Crippen LogP contribution in [-0.2, 0) is 6.42 Å². The van der Waals surface area contributed by atoms with Crippen molar-refractivity contribution >= 4 is 23.2 Å². The fraction of sp³-hybridized carbons (Fsp3) is 0.0714. The van der Waals surface area contributed by atoms with Gasteiger partial charge in [0, 0.05) is 0 Å². The summed E-state index contributed by atoms with van der Waals surface area (Å²) in [7, 11) is 0. The van der Waals surface area contributed by atoms with E-state index in [9.17, 15) is 0 Å². The van der Waals surface area contributed by atoms with Crippen LogP contribution < -0.4 is 4.74 Å². The summed E-state index contributed by atoms with van der Waals surface area (Å²) in [6, 6.07) is 14.5. The smallest absolute Gasteiger partial charge is 0.146 e. The first kappa shape index (κ1) is 12.8. The molecule has 0 unspecified atom stereocenters. The number of ether oxygens (including phenoxy) is 1. The molecule has 0 radical (unpaired) electrons. The van der Waals surface area contributed by atoms with Crippen molar-refractivity contribution < 1.29 is 4.74 Å². The molecule has 2 aromatic carbocycles. The van der Waals surface area contributed by atoms with Crippen molar-refractivity contribution in [1.82, 2.24) is 0 Å². The van der Waals surface area contributed by atoms with E-state index < -0.39 is 0 Å². The molecule has 0 saturated carbocycles. The van der Waals surface area contributed by atoms with Gasteiger partial charge in [-0.05, 0) is 29.8 Å². The van der Waals surface area contributed by atoms with Crippen molar-refractivity contribution in [2.24, 2.45) is 0 Å². The molecule has 90 valence electrons. The minimum atomic E-state index is 0.316. The zero-order valence-corrected chi connectivity index (χ0v) is 10.9. The van der Waals surface area contributed by atoms with Gasteiger partial charge in [0.25, 0.3) is 0 Å². The first-order chi connectivity index (χ1) is 8.70. The minimum absolute atomic E-state index is 0.316. The summed E-state index contributed by atoms with van der Waals surface area (Å²) in [5, 5.41) is 9.66. The second-order valence-electron chi connectivity index (χ2n) is 3.63. The van der Waals surface area contributed by atoms with E-state index in [2.05, 4.69) is 6.07 Å². The number of halogens is 2. The number of rotatable bonds is 3. The maximum absolute atomic E-state index is 8.67. The van der Waals surface area contributed by atoms with Crippen LogP contribution in [0.25, 0.3) is 0 Å². The molecule has 2 aromatic rings. The summed E-state index contributed by atoms with van der Waals surface area (Å²) in [6.45, 7) is 0. The Morgan fingerprint density at radius 3 is 2.44 bits per heavy atom. The molecule has 0 fully saturated rings. The zero-order valence-electron chi connectivity index (χ0n) is 9.36. The Morgan fingerprint density at radius 1 is 1.00 bits per heavy atom. The molecule has 4 heteroatoms. The number of hydrogen-bond acceptors (Lipinski definition) is 2. The normalized spacial score (nSPS) is 9.83. The van der Waals surface area contributed by atoms with E-state index in [0.717, 1.165) is 5.56 Å². The standard InChI is InChI=1S/C14H9Cl2NO/c15-11-3-1-2-4-13(11)18-14-9-10(7-8-17)5-6-12(14)16/h1-6,9H,7H2. The monoisotopic (exact) mass is 277 g/mol. The lowest BCUT2D eigenvalue weighted by atomic mass is 10.1. The van der Waals surface area contributed by atoms with Crippen molar-refractivity contribution in [3.8, 4) is 17.6 Å². The van der Waals surface area contributed by atoms with Gasteiger partial charge in [-0.15, -0.1) is 0 Å². The number of benzene rings is 2. The number of para-hydroxylation sites is 1. The molecule has 18 heavy (non-hydrogen) atoms. The molecule has 0 aliphatic heterocycles. The highest BCUT2D eigenvalue weighted by molar-refractivity contribution is 6.32. The molecular weight excluding hydrogens is 269 g/mol. The van der Waals surface area contributed by atoms with Gasteiger partial charge in [0.1, 0.15) is 11.5 Å². The van der Waals surface area contributed by atoms with E-state index >= 15 is 0 Å². The summed E-state index contributed by atoms with van der Waals surface area (Å²) in [5.41, 5.74) is 0.851. The number of hydrogen-bond donors (Lipinski definition) is 0. The van der Waals surface area contributed by atoms with Gasteiger partial charge in [0.15, 0.2) is 0 Å². The number of nitrogens with zero attached hydrogens (tertiary/aromatic N) is 1. The Morgan fingerprint density at radius 2 is 1.72 bits per heavy atom. The lowest BCUT2D eigenvalue weighted by molar-refractivity contribution is 0.482. The minimum Gasteiger partial charge on any atom is -0.454 e. The summed E-state index contributed by atoms with van der Waals surface area (Å²) in [6.07, 6.45) is 0.316. The zero-order chi connectivity index (χ0) is 13.0. The summed E-state index contributed by atoms with van der Waals surface area (Å²) in [4.78, 5) is 0. The molecule has 0 aliphatic carbocycles. The van der Waals surface area contributed by atoms with Crippen molar-refractivity contribution in [1.29, 1.82) is 5.26 Å². The molecule has 0 bridgehead atoms. The third kappa shape index (κ3) is 2.95. The van der Waals surface area contributed by atoms with Crippen LogP contribution in [0.15, 0.2) is 42.5 Å². The molecule has 0 aromatic heterocycles. The molecule has 0 saturated heterocycles. The highest BCUT2D eigenvalue weighted by atomic mass is 35.5. The Labute approximate surface area is 115 Å². The van der Waals surface area contributed by atoms with Crippen molar-refractivity contribution in [3.63, 3.8) is 0 Å². The van der Waals surface area contributed by atoms with E-state index in [1.807, 2.05) is 12.1 Å². The molecule has 0 aliphatic rings. The Kier molecular flexibility index (Phi) is 4.09. The van der Waals surface area contributed by atoms with Gasteiger partial charge in [-0.2, -0.15) is 5.26 Å². The summed E-state index contributed by atoms with van der Waals surface area (Å²) < 4.78 is 5.65. The SMILES string of the molecule is N#CCc1ccc(Cl)c(Oc2ccccc2Cl)c1. The Hall–Kier alpha value is -1.69. The van der Waals surface area contributed by atoms with E-state index in [0.29, 0.717) is 28.0 Å². The van der Waals surface area contributed by atoms with E-state index in [-0.39, 0.29) is 0 Å². The molecule has 2 nitrogen and oxygen atoms in total. The average molecular weight is 278 g/mol. The Bertz CT molecular complexity index is 605. The fourth-order valence-electron chi connectivity index (χ4n) is 1.47. The Balaban J connectivity index is 2.31. The van der Waals surface area contributed by atoms with Crippen LogP contribution in [0.4, 0.5) is 0 Å². The van der Waals surface area contributed by atoms with Gasteiger partial charge >= 0.3 is 0 Å². The molecular formula is C14H9Cl2NO. The van der Waals surface area contributed by atoms with E-state index in [4.69, 9.17) is 33.2 Å². The van der Waals surface area contributed by atoms with Crippen molar-refractivity contribution in [2.75, 3.05) is 0 Å². The molecule has 0 spiro atoms. The fourth-order valence-corrected chi connectivity index (χ4v) is 1.80. The largest absolute Gasteiger partial charge is 0.454 e. The van der Waals surface area contributed by atoms with Crippen LogP contribution in [0.2, 0.25) is 10.0 Å². The van der Waals surface area contributed by atoms with Crippen LogP contribution in [0.1, 0.15) is 5.56 Å². The van der Waals surface area contributed by atoms with Crippen LogP contribution >= 0.6 is 23.2 Å². The first-order valence-corrected chi connectivity index (χ1v) is 6.04. The predicted octanol–water partition coefficient (Wildman–Crippen LogP) is 4.85. The number of nitriles is 1. The van der Waals surface area contributed by atoms with Gasteiger partial charge in [-0.25, -0.2) is 0 Å². The van der Waals surface area contributed by atoms with Crippen molar-refractivity contribution in [3.05, 3.63) is 58.1 Å². The second kappa shape index (κ2) is 5.77. The molecule has 0 N–H and O–H groups in total. The third-order valence-corrected chi connectivity index (χ3v) is 2.96. The van der Waals surface area contributed by atoms with Gasteiger partial charge < -0.3 is 4.74 Å². The molecule has 0 amide bonds. The molecule has 0 atom stereocenters. The van der Waals surface area contributed by atoms with Gasteiger partial charge in [0.2, 0.25) is 0 Å². The van der Waals surface area contributed by atoms with Crippen LogP contribution in [-0.4, -0.2) is 0 Å². The first-order valence-electron chi connectivity index (χ1n) is 5.28. The maximum Gasteiger partial charge on any atom is 0.146 e. The van der Waals surface area contributed by atoms with Gasteiger partial charge in [-0.3, -0.25) is 0 Å². The van der Waals surface area contributed by atoms with Crippen LogP contribution in [0.5, 0.6) is 11.5 Å². The summed E-state index contributed by atoms with van der Waals surface area (Å²) >= 11 is 12.1. The maximum atomic E-state index is 8.67. The van der Waals surface area contributed by atoms with Crippen LogP contribution in [0.3, 0.4) is 0 Å². The van der Waals surface area contributed by atoms with Crippen LogP contribution in [0, 0.1) is 11.3 Å². The van der Waals surface area contributed by atoms with Gasteiger partial charge in [0.05, 0.1) is 22.5 Å². The highest BCUT2D eigenvalue weighted by Gasteiger charge is 2.07. The quantitative estimate of drug-likeness (QED) is 0.803. The lowest BCUT2D eigenvalue weighted by Gasteiger charge is -2.09. The highest BCUT2D eigenvalue weighted by Crippen LogP contribution is 2.33. The van der Waals surface area contributed by atoms with E-state index in [1.54, 1.807) is 30.3 Å². The summed E-state index contributed by atoms with van der Waals surface area (Å²) in [5.74, 6) is 1.03.